The topological polar surface area (TPSA) is 81.6 Å². The summed E-state index contributed by atoms with van der Waals surface area (Å²) < 4.78 is 11.5. The molecule has 2 aliphatic rings. The molecule has 1 spiro atoms. The second-order valence-corrected chi connectivity index (χ2v) is 7.75. The van der Waals surface area contributed by atoms with Crippen LogP contribution in [-0.4, -0.2) is 47.0 Å². The molecule has 1 fully saturated rings. The molecule has 7 nitrogen and oxygen atoms in total. The molecule has 29 heavy (non-hydrogen) atoms. The normalized spacial score (nSPS) is 17.6. The average Bonchev–Trinajstić information content (AvgIpc) is 2.69. The highest BCUT2D eigenvalue weighted by Crippen LogP contribution is 2.40. The van der Waals surface area contributed by atoms with Gasteiger partial charge in [0.1, 0.15) is 28.6 Å². The number of hydrogen-bond donors (Lipinski definition) is 0. The molecule has 7 heteroatoms. The molecular weight excluding hydrogens is 370 g/mol. The molecule has 4 rings (SSSR count). The van der Waals surface area contributed by atoms with Gasteiger partial charge in [-0.2, -0.15) is 0 Å². The largest absolute Gasteiger partial charge is 0.486 e. The first kappa shape index (κ1) is 19.4. The van der Waals surface area contributed by atoms with Crippen LogP contribution in [0, 0.1) is 13.8 Å². The van der Waals surface area contributed by atoms with E-state index in [1.54, 1.807) is 13.8 Å². The van der Waals surface area contributed by atoms with E-state index in [-0.39, 0.29) is 5.78 Å². The van der Waals surface area contributed by atoms with Crippen molar-refractivity contribution in [3.63, 3.8) is 0 Å². The van der Waals surface area contributed by atoms with E-state index in [2.05, 4.69) is 14.9 Å². The van der Waals surface area contributed by atoms with Crippen LogP contribution in [0.2, 0.25) is 0 Å². The molecular formula is C22H25N3O4. The van der Waals surface area contributed by atoms with Gasteiger partial charge in [0.05, 0.1) is 18.6 Å². The van der Waals surface area contributed by atoms with Crippen LogP contribution in [0.25, 0.3) is 0 Å². The summed E-state index contributed by atoms with van der Waals surface area (Å²) in [6, 6.07) is 5.76. The lowest BCUT2D eigenvalue weighted by atomic mass is 9.82. The molecule has 152 valence electrons. The minimum Gasteiger partial charge on any atom is -0.486 e. The van der Waals surface area contributed by atoms with Crippen LogP contribution < -0.4 is 9.64 Å². The van der Waals surface area contributed by atoms with Gasteiger partial charge in [0.25, 0.3) is 0 Å². The first-order valence-corrected chi connectivity index (χ1v) is 9.99. The van der Waals surface area contributed by atoms with Gasteiger partial charge in [-0.15, -0.1) is 0 Å². The quantitative estimate of drug-likeness (QED) is 0.738. The second-order valence-electron chi connectivity index (χ2n) is 7.75. The summed E-state index contributed by atoms with van der Waals surface area (Å²) in [6.07, 6.45) is 3.26. The molecule has 0 aliphatic carbocycles. The van der Waals surface area contributed by atoms with E-state index in [4.69, 9.17) is 9.47 Å². The van der Waals surface area contributed by atoms with Gasteiger partial charge in [-0.3, -0.25) is 4.79 Å². The SMILES string of the molecule is CCOC(=O)c1cnc(C)nc1N1CCC2(CC1)CC(=O)c1cc(C)ccc1O2. The summed E-state index contributed by atoms with van der Waals surface area (Å²) in [7, 11) is 0. The monoisotopic (exact) mass is 395 g/mol. The van der Waals surface area contributed by atoms with Gasteiger partial charge in [0.15, 0.2) is 5.78 Å². The number of Topliss-reactive ketones (excluding diaryl/α,β-unsaturated/α-hetero) is 1. The first-order chi connectivity index (χ1) is 13.9. The van der Waals surface area contributed by atoms with Gasteiger partial charge in [-0.25, -0.2) is 14.8 Å². The molecule has 0 atom stereocenters. The Balaban J connectivity index is 1.55. The zero-order chi connectivity index (χ0) is 20.6. The third-order valence-corrected chi connectivity index (χ3v) is 5.60. The average molecular weight is 395 g/mol. The van der Waals surface area contributed by atoms with Crippen molar-refractivity contribution in [3.8, 4) is 5.75 Å². The van der Waals surface area contributed by atoms with Crippen molar-refractivity contribution in [2.75, 3.05) is 24.6 Å². The van der Waals surface area contributed by atoms with Gasteiger partial charge in [-0.1, -0.05) is 11.6 Å². The minimum absolute atomic E-state index is 0.133. The first-order valence-electron chi connectivity index (χ1n) is 9.99. The Bertz CT molecular complexity index is 965. The molecule has 3 heterocycles. The standard InChI is InChI=1S/C22H25N3O4/c1-4-28-21(27)17-13-23-15(3)24-20(17)25-9-7-22(8-10-25)12-18(26)16-11-14(2)5-6-19(16)29-22/h5-6,11,13H,4,7-10,12H2,1-3H3. The number of aryl methyl sites for hydroxylation is 2. The Hall–Kier alpha value is -2.96. The molecule has 0 N–H and O–H groups in total. The van der Waals surface area contributed by atoms with Gasteiger partial charge in [0, 0.05) is 32.1 Å². The van der Waals surface area contributed by atoms with E-state index in [0.717, 1.165) is 5.56 Å². The zero-order valence-electron chi connectivity index (χ0n) is 17.0. The molecule has 0 bridgehead atoms. The fraction of sp³-hybridized carbons (Fsp3) is 0.455. The van der Waals surface area contributed by atoms with Crippen molar-refractivity contribution in [1.29, 1.82) is 0 Å². The molecule has 0 unspecified atom stereocenters. The van der Waals surface area contributed by atoms with Gasteiger partial charge < -0.3 is 14.4 Å². The number of carbonyl (C=O) groups is 2. The number of nitrogens with zero attached hydrogens (tertiary/aromatic N) is 3. The summed E-state index contributed by atoms with van der Waals surface area (Å²) in [6.45, 7) is 7.11. The van der Waals surface area contributed by atoms with E-state index in [1.165, 1.54) is 6.20 Å². The number of ketones is 1. The number of rotatable bonds is 3. The maximum Gasteiger partial charge on any atom is 0.343 e. The number of hydrogen-bond acceptors (Lipinski definition) is 7. The number of benzene rings is 1. The van der Waals surface area contributed by atoms with Gasteiger partial charge >= 0.3 is 5.97 Å². The minimum atomic E-state index is -0.498. The van der Waals surface area contributed by atoms with Crippen LogP contribution in [0.15, 0.2) is 24.4 Å². The van der Waals surface area contributed by atoms with Crippen molar-refractivity contribution >= 4 is 17.6 Å². The number of aromatic nitrogens is 2. The Morgan fingerprint density at radius 3 is 2.76 bits per heavy atom. The number of esters is 1. The molecule has 0 saturated carbocycles. The van der Waals surface area contributed by atoms with Crippen LogP contribution in [-0.2, 0) is 4.74 Å². The molecule has 1 aromatic heterocycles. The maximum atomic E-state index is 12.7. The summed E-state index contributed by atoms with van der Waals surface area (Å²) in [5, 5.41) is 0. The third-order valence-electron chi connectivity index (χ3n) is 5.60. The van der Waals surface area contributed by atoms with E-state index in [9.17, 15) is 9.59 Å². The van der Waals surface area contributed by atoms with E-state index < -0.39 is 11.6 Å². The molecule has 0 radical (unpaired) electrons. The number of fused-ring (bicyclic) bond motifs is 1. The van der Waals surface area contributed by atoms with Crippen molar-refractivity contribution in [2.45, 2.75) is 45.6 Å². The van der Waals surface area contributed by atoms with Crippen LogP contribution in [0.4, 0.5) is 5.82 Å². The van der Waals surface area contributed by atoms with Crippen LogP contribution >= 0.6 is 0 Å². The van der Waals surface area contributed by atoms with Crippen LogP contribution in [0.5, 0.6) is 5.75 Å². The van der Waals surface area contributed by atoms with E-state index >= 15 is 0 Å². The predicted molar refractivity (Wildman–Crippen MR) is 108 cm³/mol. The number of anilines is 1. The van der Waals surface area contributed by atoms with Crippen LogP contribution in [0.3, 0.4) is 0 Å². The lowest BCUT2D eigenvalue weighted by molar-refractivity contribution is 0.0231. The summed E-state index contributed by atoms with van der Waals surface area (Å²) >= 11 is 0. The second kappa shape index (κ2) is 7.46. The summed E-state index contributed by atoms with van der Waals surface area (Å²) in [4.78, 5) is 35.8. The van der Waals surface area contributed by atoms with Crippen molar-refractivity contribution in [1.82, 2.24) is 9.97 Å². The summed E-state index contributed by atoms with van der Waals surface area (Å²) in [5.41, 5.74) is 1.60. The Morgan fingerprint density at radius 1 is 1.28 bits per heavy atom. The molecule has 1 aromatic carbocycles. The fourth-order valence-electron chi connectivity index (χ4n) is 4.06. The smallest absolute Gasteiger partial charge is 0.343 e. The lowest BCUT2D eigenvalue weighted by Gasteiger charge is -2.44. The molecule has 0 amide bonds. The Kier molecular flexibility index (Phi) is 4.98. The Labute approximate surface area is 170 Å². The van der Waals surface area contributed by atoms with Gasteiger partial charge in [-0.05, 0) is 32.9 Å². The van der Waals surface area contributed by atoms with Crippen molar-refractivity contribution in [3.05, 3.63) is 46.9 Å². The molecule has 2 aliphatic heterocycles. The number of ether oxygens (including phenoxy) is 2. The highest BCUT2D eigenvalue weighted by atomic mass is 16.5. The van der Waals surface area contributed by atoms with Crippen molar-refractivity contribution < 1.29 is 19.1 Å². The van der Waals surface area contributed by atoms with Gasteiger partial charge in [0.2, 0.25) is 0 Å². The highest BCUT2D eigenvalue weighted by Gasteiger charge is 2.43. The predicted octanol–water partition coefficient (Wildman–Crippen LogP) is 3.27. The lowest BCUT2D eigenvalue weighted by Crippen LogP contribution is -2.51. The van der Waals surface area contributed by atoms with E-state index in [0.29, 0.717) is 67.5 Å². The molecule has 1 saturated heterocycles. The summed E-state index contributed by atoms with van der Waals surface area (Å²) in [5.74, 6) is 1.57. The zero-order valence-corrected chi connectivity index (χ0v) is 17.0. The molecule has 2 aromatic rings. The van der Waals surface area contributed by atoms with Crippen LogP contribution in [0.1, 0.15) is 58.3 Å². The fourth-order valence-corrected chi connectivity index (χ4v) is 4.06. The number of piperidine rings is 1. The third kappa shape index (κ3) is 3.69. The maximum absolute atomic E-state index is 12.7. The van der Waals surface area contributed by atoms with Crippen molar-refractivity contribution in [2.24, 2.45) is 0 Å². The Morgan fingerprint density at radius 2 is 2.03 bits per heavy atom. The number of carbonyl (C=O) groups excluding carboxylic acids is 2. The van der Waals surface area contributed by atoms with E-state index in [1.807, 2.05) is 25.1 Å². The highest BCUT2D eigenvalue weighted by molar-refractivity contribution is 6.00.